The minimum Gasteiger partial charge on any atom is -0.326 e. The second kappa shape index (κ2) is 8.84. The zero-order chi connectivity index (χ0) is 21.0. The summed E-state index contributed by atoms with van der Waals surface area (Å²) in [6, 6.07) is 12.1. The Bertz CT molecular complexity index is 1120. The number of H-pyrrole nitrogens is 1. The van der Waals surface area contributed by atoms with Crippen LogP contribution in [0.1, 0.15) is 29.3 Å². The van der Waals surface area contributed by atoms with Crippen molar-refractivity contribution in [2.45, 2.75) is 39.0 Å². The van der Waals surface area contributed by atoms with Crippen LogP contribution in [-0.2, 0) is 17.9 Å². The zero-order valence-corrected chi connectivity index (χ0v) is 17.3. The Morgan fingerprint density at radius 3 is 2.66 bits per heavy atom. The van der Waals surface area contributed by atoms with Gasteiger partial charge in [-0.05, 0) is 31.9 Å². The smallest absolute Gasteiger partial charge is 0.326 e. The Morgan fingerprint density at radius 2 is 2.00 bits per heavy atom. The van der Waals surface area contributed by atoms with Gasteiger partial charge in [0.15, 0.2) is 5.16 Å². The van der Waals surface area contributed by atoms with E-state index in [-0.39, 0.29) is 17.3 Å². The summed E-state index contributed by atoms with van der Waals surface area (Å²) in [4.78, 5) is 24.2. The molecule has 8 nitrogen and oxygen atoms in total. The molecule has 1 aromatic carbocycles. The number of aromatic amines is 1. The number of aromatic nitrogens is 4. The number of benzene rings is 1. The Labute approximate surface area is 172 Å². The van der Waals surface area contributed by atoms with E-state index in [0.29, 0.717) is 29.6 Å². The molecule has 2 N–H and O–H groups in total. The highest BCUT2D eigenvalue weighted by Gasteiger charge is 2.20. The van der Waals surface area contributed by atoms with Crippen LogP contribution in [0.25, 0.3) is 0 Å². The van der Waals surface area contributed by atoms with Crippen molar-refractivity contribution >= 4 is 23.5 Å². The molecule has 0 aliphatic heterocycles. The van der Waals surface area contributed by atoms with Crippen molar-refractivity contribution < 1.29 is 4.79 Å². The van der Waals surface area contributed by atoms with E-state index in [1.807, 2.05) is 55.7 Å². The minimum atomic E-state index is -0.301. The van der Waals surface area contributed by atoms with E-state index in [9.17, 15) is 14.9 Å². The largest absolute Gasteiger partial charge is 0.343 e. The Morgan fingerprint density at radius 1 is 1.28 bits per heavy atom. The lowest BCUT2D eigenvalue weighted by molar-refractivity contribution is -0.113. The predicted octanol–water partition coefficient (Wildman–Crippen LogP) is 2.66. The van der Waals surface area contributed by atoms with Crippen LogP contribution in [-0.4, -0.2) is 31.0 Å². The van der Waals surface area contributed by atoms with Crippen molar-refractivity contribution in [3.8, 4) is 6.07 Å². The fourth-order valence-electron chi connectivity index (χ4n) is 3.08. The second-order valence-electron chi connectivity index (χ2n) is 6.51. The summed E-state index contributed by atoms with van der Waals surface area (Å²) in [5.41, 5.74) is 3.01. The first-order valence-corrected chi connectivity index (χ1v) is 10.2. The molecule has 0 atom stereocenters. The molecule has 2 heterocycles. The van der Waals surface area contributed by atoms with Gasteiger partial charge in [0.2, 0.25) is 5.91 Å². The highest BCUT2D eigenvalue weighted by Crippen LogP contribution is 2.27. The normalized spacial score (nSPS) is 10.7. The molecule has 0 saturated heterocycles. The van der Waals surface area contributed by atoms with Gasteiger partial charge < -0.3 is 9.88 Å². The molecular weight excluding hydrogens is 388 g/mol. The number of rotatable bonds is 7. The van der Waals surface area contributed by atoms with Crippen molar-refractivity contribution in [3.63, 3.8) is 0 Å². The van der Waals surface area contributed by atoms with Gasteiger partial charge in [-0.2, -0.15) is 5.26 Å². The second-order valence-corrected chi connectivity index (χ2v) is 7.45. The monoisotopic (exact) mass is 410 g/mol. The average molecular weight is 411 g/mol. The van der Waals surface area contributed by atoms with Crippen molar-refractivity contribution in [2.75, 3.05) is 11.1 Å². The lowest BCUT2D eigenvalue weighted by Gasteiger charge is -2.13. The van der Waals surface area contributed by atoms with E-state index in [0.717, 1.165) is 16.8 Å². The number of nitrogens with one attached hydrogen (secondary N) is 2. The molecule has 3 rings (SSSR count). The number of hydrogen-bond donors (Lipinski definition) is 2. The van der Waals surface area contributed by atoms with Crippen molar-refractivity contribution in [3.05, 3.63) is 63.2 Å². The molecule has 0 bridgehead atoms. The Balaban J connectivity index is 1.82. The number of anilines is 1. The fraction of sp³-hybridized carbons (Fsp3) is 0.300. The quantitative estimate of drug-likeness (QED) is 0.582. The van der Waals surface area contributed by atoms with Crippen molar-refractivity contribution in [2.24, 2.45) is 0 Å². The zero-order valence-electron chi connectivity index (χ0n) is 16.5. The first kappa shape index (κ1) is 20.5. The van der Waals surface area contributed by atoms with Crippen molar-refractivity contribution in [1.29, 1.82) is 5.26 Å². The van der Waals surface area contributed by atoms with Crippen molar-refractivity contribution in [1.82, 2.24) is 19.3 Å². The van der Waals surface area contributed by atoms with Gasteiger partial charge in [0, 0.05) is 18.8 Å². The molecule has 1 amide bonds. The van der Waals surface area contributed by atoms with Crippen LogP contribution in [0.2, 0.25) is 0 Å². The predicted molar refractivity (Wildman–Crippen MR) is 112 cm³/mol. The van der Waals surface area contributed by atoms with Gasteiger partial charge in [0.1, 0.15) is 11.9 Å². The highest BCUT2D eigenvalue weighted by atomic mass is 32.2. The van der Waals surface area contributed by atoms with Gasteiger partial charge in [-0.3, -0.25) is 9.36 Å². The van der Waals surface area contributed by atoms with Crippen LogP contribution in [0.3, 0.4) is 0 Å². The third kappa shape index (κ3) is 4.27. The van der Waals surface area contributed by atoms with E-state index in [1.165, 1.54) is 16.3 Å². The van der Waals surface area contributed by atoms with Gasteiger partial charge in [-0.15, -0.1) is 5.10 Å². The summed E-state index contributed by atoms with van der Waals surface area (Å²) in [6.45, 7) is 6.67. The van der Waals surface area contributed by atoms with Crippen LogP contribution in [0, 0.1) is 25.2 Å². The molecule has 150 valence electrons. The minimum absolute atomic E-state index is 0.0732. The number of nitrogens with zero attached hydrogens (tertiary/aromatic N) is 4. The maximum atomic E-state index is 12.6. The Hall–Kier alpha value is -3.25. The number of thioether (sulfide) groups is 1. The van der Waals surface area contributed by atoms with Crippen LogP contribution in [0.4, 0.5) is 5.82 Å². The molecule has 0 aliphatic carbocycles. The van der Waals surface area contributed by atoms with Crippen LogP contribution >= 0.6 is 11.8 Å². The number of carbonyl (C=O) groups excluding carboxylic acids is 1. The standard InChI is InChI=1S/C20H22N6O2S/c1-4-25-19(28)23-24-20(25)29-12-17(27)22-18-16(10-21)13(2)14(3)26(18)11-15-8-6-5-7-9-15/h5-9H,4,11-12H2,1-3H3,(H,22,27)(H,23,28). The van der Waals surface area contributed by atoms with Gasteiger partial charge in [-0.25, -0.2) is 9.89 Å². The average Bonchev–Trinajstić information content (AvgIpc) is 3.19. The fourth-order valence-corrected chi connectivity index (χ4v) is 3.89. The maximum Gasteiger partial charge on any atom is 0.343 e. The molecule has 0 saturated carbocycles. The molecule has 0 radical (unpaired) electrons. The third-order valence-corrected chi connectivity index (χ3v) is 5.73. The number of amides is 1. The summed E-state index contributed by atoms with van der Waals surface area (Å²) in [5.74, 6) is 0.298. The molecule has 0 spiro atoms. The van der Waals surface area contributed by atoms with Gasteiger partial charge in [0.25, 0.3) is 0 Å². The molecule has 29 heavy (non-hydrogen) atoms. The van der Waals surface area contributed by atoms with Gasteiger partial charge in [0.05, 0.1) is 11.3 Å². The van der Waals surface area contributed by atoms with E-state index < -0.39 is 0 Å². The first-order valence-electron chi connectivity index (χ1n) is 9.17. The van der Waals surface area contributed by atoms with Crippen LogP contribution in [0.5, 0.6) is 0 Å². The van der Waals surface area contributed by atoms with Gasteiger partial charge in [-0.1, -0.05) is 42.1 Å². The van der Waals surface area contributed by atoms with E-state index in [1.54, 1.807) is 0 Å². The molecule has 9 heteroatoms. The summed E-state index contributed by atoms with van der Waals surface area (Å²) in [6.07, 6.45) is 0. The van der Waals surface area contributed by atoms with Crippen LogP contribution < -0.4 is 11.0 Å². The highest BCUT2D eigenvalue weighted by molar-refractivity contribution is 7.99. The van der Waals surface area contributed by atoms with E-state index in [4.69, 9.17) is 0 Å². The number of hydrogen-bond acceptors (Lipinski definition) is 5. The molecule has 2 aromatic heterocycles. The lowest BCUT2D eigenvalue weighted by Crippen LogP contribution is -2.20. The molecule has 3 aromatic rings. The third-order valence-electron chi connectivity index (χ3n) is 4.75. The number of nitriles is 1. The summed E-state index contributed by atoms with van der Waals surface area (Å²) >= 11 is 1.17. The van der Waals surface area contributed by atoms with E-state index >= 15 is 0 Å². The first-order chi connectivity index (χ1) is 14.0. The van der Waals surface area contributed by atoms with Crippen LogP contribution in [0.15, 0.2) is 40.3 Å². The molecule has 0 unspecified atom stereocenters. The SMILES string of the molecule is CCn1c(SCC(=O)Nc2c(C#N)c(C)c(C)n2Cc2ccccc2)n[nH]c1=O. The lowest BCUT2D eigenvalue weighted by atomic mass is 10.2. The summed E-state index contributed by atoms with van der Waals surface area (Å²) in [7, 11) is 0. The summed E-state index contributed by atoms with van der Waals surface area (Å²) in [5, 5.41) is 19.3. The van der Waals surface area contributed by atoms with E-state index in [2.05, 4.69) is 21.6 Å². The molecule has 0 fully saturated rings. The molecule has 0 aliphatic rings. The maximum absolute atomic E-state index is 12.6. The van der Waals surface area contributed by atoms with Gasteiger partial charge >= 0.3 is 5.69 Å². The Kier molecular flexibility index (Phi) is 6.24. The topological polar surface area (TPSA) is 108 Å². The summed E-state index contributed by atoms with van der Waals surface area (Å²) < 4.78 is 3.41. The number of carbonyl (C=O) groups is 1. The molecular formula is C20H22N6O2S.